The fourth-order valence-electron chi connectivity index (χ4n) is 4.14. The van der Waals surface area contributed by atoms with Crippen LogP contribution in [0.5, 0.6) is 0 Å². The molecule has 2 aliphatic rings. The number of rotatable bonds is 3. The first-order valence-electron chi connectivity index (χ1n) is 6.60. The van der Waals surface area contributed by atoms with Gasteiger partial charge in [-0.25, -0.2) is 0 Å². The molecule has 0 aromatic heterocycles. The number of benzene rings is 1. The smallest absolute Gasteiger partial charge is 0.307 e. The van der Waals surface area contributed by atoms with Crippen LogP contribution in [0.4, 0.5) is 0 Å². The van der Waals surface area contributed by atoms with E-state index < -0.39 is 23.8 Å². The molecule has 0 aliphatic heterocycles. The maximum Gasteiger partial charge on any atom is 0.307 e. The molecule has 2 aliphatic carbocycles. The fourth-order valence-corrected chi connectivity index (χ4v) is 4.14. The van der Waals surface area contributed by atoms with E-state index in [2.05, 4.69) is 0 Å². The Morgan fingerprint density at radius 3 is 2.16 bits per heavy atom. The van der Waals surface area contributed by atoms with Gasteiger partial charge in [0.25, 0.3) is 0 Å². The number of carboxylic acid groups (broad SMARTS) is 2. The van der Waals surface area contributed by atoms with E-state index in [0.717, 1.165) is 18.4 Å². The molecule has 0 unspecified atom stereocenters. The van der Waals surface area contributed by atoms with E-state index in [1.54, 1.807) is 0 Å². The van der Waals surface area contributed by atoms with E-state index in [-0.39, 0.29) is 17.8 Å². The average molecular weight is 260 g/mol. The molecule has 2 bridgehead atoms. The van der Waals surface area contributed by atoms with Crippen molar-refractivity contribution in [2.24, 2.45) is 23.7 Å². The molecule has 2 saturated carbocycles. The van der Waals surface area contributed by atoms with E-state index in [1.165, 1.54) is 0 Å². The summed E-state index contributed by atoms with van der Waals surface area (Å²) >= 11 is 0. The third-order valence-corrected chi connectivity index (χ3v) is 4.80. The lowest BCUT2D eigenvalue weighted by molar-refractivity contribution is -0.156. The van der Waals surface area contributed by atoms with Gasteiger partial charge in [-0.15, -0.1) is 0 Å². The molecule has 2 N–H and O–H groups in total. The summed E-state index contributed by atoms with van der Waals surface area (Å²) in [4.78, 5) is 22.7. The fraction of sp³-hybridized carbons (Fsp3) is 0.467. The van der Waals surface area contributed by atoms with Crippen LogP contribution in [-0.4, -0.2) is 22.2 Å². The molecule has 19 heavy (non-hydrogen) atoms. The van der Waals surface area contributed by atoms with Crippen LogP contribution in [0.15, 0.2) is 30.3 Å². The minimum absolute atomic E-state index is 0.00815. The molecule has 0 radical (unpaired) electrons. The monoisotopic (exact) mass is 260 g/mol. The zero-order chi connectivity index (χ0) is 13.6. The molecule has 2 fully saturated rings. The number of fused-ring (bicyclic) bond motifs is 2. The molecule has 100 valence electrons. The number of aliphatic carboxylic acids is 2. The summed E-state index contributed by atoms with van der Waals surface area (Å²) in [5, 5.41) is 18.6. The number of hydrogen-bond acceptors (Lipinski definition) is 2. The van der Waals surface area contributed by atoms with Gasteiger partial charge in [-0.3, -0.25) is 9.59 Å². The minimum atomic E-state index is -0.958. The van der Waals surface area contributed by atoms with Crippen molar-refractivity contribution in [3.63, 3.8) is 0 Å². The van der Waals surface area contributed by atoms with Crippen molar-refractivity contribution in [1.82, 2.24) is 0 Å². The third-order valence-electron chi connectivity index (χ3n) is 4.80. The second-order valence-corrected chi connectivity index (χ2v) is 5.64. The maximum atomic E-state index is 11.4. The van der Waals surface area contributed by atoms with Crippen LogP contribution in [-0.2, 0) is 9.59 Å². The van der Waals surface area contributed by atoms with Crippen molar-refractivity contribution in [3.05, 3.63) is 35.9 Å². The minimum Gasteiger partial charge on any atom is -0.481 e. The SMILES string of the molecule is O=C(O)[C@@H]1[C@@H]2C[C@@H]([C@@H]1C(=O)O)[C@H](c1ccccc1)C2. The molecule has 0 amide bonds. The summed E-state index contributed by atoms with van der Waals surface area (Å²) in [7, 11) is 0. The molecule has 0 spiro atoms. The van der Waals surface area contributed by atoms with E-state index in [1.807, 2.05) is 30.3 Å². The Kier molecular flexibility index (Phi) is 2.81. The Morgan fingerprint density at radius 2 is 1.58 bits per heavy atom. The highest BCUT2D eigenvalue weighted by Gasteiger charge is 2.58. The van der Waals surface area contributed by atoms with Gasteiger partial charge >= 0.3 is 11.9 Å². The van der Waals surface area contributed by atoms with Crippen molar-refractivity contribution in [1.29, 1.82) is 0 Å². The standard InChI is InChI=1S/C15H16O4/c16-14(17)12-9-6-10(8-4-2-1-3-5-8)11(7-9)13(12)15(18)19/h1-5,9-13H,6-7H2,(H,16,17)(H,18,19)/t9-,10-,11+,12+,13-/m0/s1. The molecule has 5 atom stereocenters. The molecule has 1 aromatic carbocycles. The van der Waals surface area contributed by atoms with Gasteiger partial charge in [-0.2, -0.15) is 0 Å². The highest BCUT2D eigenvalue weighted by atomic mass is 16.4. The van der Waals surface area contributed by atoms with Crippen molar-refractivity contribution in [3.8, 4) is 0 Å². The summed E-state index contributed by atoms with van der Waals surface area (Å²) in [6.45, 7) is 0. The van der Waals surface area contributed by atoms with Crippen molar-refractivity contribution < 1.29 is 19.8 Å². The molecule has 3 rings (SSSR count). The molecule has 1 aromatic rings. The van der Waals surface area contributed by atoms with Gasteiger partial charge < -0.3 is 10.2 Å². The largest absolute Gasteiger partial charge is 0.481 e. The zero-order valence-corrected chi connectivity index (χ0v) is 10.4. The van der Waals surface area contributed by atoms with Gasteiger partial charge in [0.1, 0.15) is 0 Å². The molecular weight excluding hydrogens is 244 g/mol. The van der Waals surface area contributed by atoms with Gasteiger partial charge in [0.05, 0.1) is 11.8 Å². The summed E-state index contributed by atoms with van der Waals surface area (Å²) in [6.07, 6.45) is 1.53. The van der Waals surface area contributed by atoms with Crippen molar-refractivity contribution >= 4 is 11.9 Å². The lowest BCUT2D eigenvalue weighted by atomic mass is 9.71. The van der Waals surface area contributed by atoms with Crippen LogP contribution in [0.2, 0.25) is 0 Å². The Morgan fingerprint density at radius 1 is 0.947 bits per heavy atom. The van der Waals surface area contributed by atoms with Gasteiger partial charge in [-0.1, -0.05) is 30.3 Å². The normalized spacial score (nSPS) is 36.3. The van der Waals surface area contributed by atoms with Crippen LogP contribution >= 0.6 is 0 Å². The van der Waals surface area contributed by atoms with Crippen LogP contribution in [0.25, 0.3) is 0 Å². The van der Waals surface area contributed by atoms with Crippen LogP contribution in [0.1, 0.15) is 24.3 Å². The molecule has 0 heterocycles. The van der Waals surface area contributed by atoms with E-state index in [0.29, 0.717) is 0 Å². The number of carboxylic acids is 2. The first-order chi connectivity index (χ1) is 9.09. The average Bonchev–Trinajstić information content (AvgIpc) is 2.96. The predicted octanol–water partition coefficient (Wildman–Crippen LogP) is 2.21. The second kappa shape index (κ2) is 4.37. The summed E-state index contributed by atoms with van der Waals surface area (Å²) < 4.78 is 0. The lowest BCUT2D eigenvalue weighted by Gasteiger charge is -2.31. The van der Waals surface area contributed by atoms with Gasteiger partial charge in [-0.05, 0) is 36.2 Å². The van der Waals surface area contributed by atoms with Gasteiger partial charge in [0, 0.05) is 0 Å². The molecular formula is C15H16O4. The molecule has 4 heteroatoms. The van der Waals surface area contributed by atoms with Gasteiger partial charge in [0.15, 0.2) is 0 Å². The Bertz CT molecular complexity index is 510. The summed E-state index contributed by atoms with van der Waals surface area (Å²) in [6, 6.07) is 9.86. The third kappa shape index (κ3) is 1.82. The maximum absolute atomic E-state index is 11.4. The van der Waals surface area contributed by atoms with E-state index >= 15 is 0 Å². The quantitative estimate of drug-likeness (QED) is 0.873. The van der Waals surface area contributed by atoms with Crippen LogP contribution < -0.4 is 0 Å². The van der Waals surface area contributed by atoms with E-state index in [9.17, 15) is 19.8 Å². The first-order valence-corrected chi connectivity index (χ1v) is 6.60. The molecule has 4 nitrogen and oxygen atoms in total. The number of hydrogen-bond donors (Lipinski definition) is 2. The first kappa shape index (κ1) is 12.2. The Labute approximate surface area is 111 Å². The predicted molar refractivity (Wildman–Crippen MR) is 67.6 cm³/mol. The highest BCUT2D eigenvalue weighted by molar-refractivity contribution is 5.82. The Balaban J connectivity index is 1.92. The van der Waals surface area contributed by atoms with Crippen molar-refractivity contribution in [2.75, 3.05) is 0 Å². The molecule has 0 saturated heterocycles. The number of carbonyl (C=O) groups is 2. The second-order valence-electron chi connectivity index (χ2n) is 5.64. The zero-order valence-electron chi connectivity index (χ0n) is 10.4. The Hall–Kier alpha value is -1.84. The topological polar surface area (TPSA) is 74.6 Å². The van der Waals surface area contributed by atoms with E-state index in [4.69, 9.17) is 0 Å². The van der Waals surface area contributed by atoms with Crippen LogP contribution in [0.3, 0.4) is 0 Å². The lowest BCUT2D eigenvalue weighted by Crippen LogP contribution is -2.37. The van der Waals surface area contributed by atoms with Crippen molar-refractivity contribution in [2.45, 2.75) is 18.8 Å². The van der Waals surface area contributed by atoms with Gasteiger partial charge in [0.2, 0.25) is 0 Å². The summed E-state index contributed by atoms with van der Waals surface area (Å²) in [5.41, 5.74) is 1.14. The summed E-state index contributed by atoms with van der Waals surface area (Å²) in [5.74, 6) is -3.18. The van der Waals surface area contributed by atoms with Crippen LogP contribution in [0, 0.1) is 23.7 Å². The highest BCUT2D eigenvalue weighted by Crippen LogP contribution is 2.58.